The van der Waals surface area contributed by atoms with Crippen LogP contribution in [0.4, 0.5) is 0 Å². The van der Waals surface area contributed by atoms with Gasteiger partial charge < -0.3 is 15.4 Å². The van der Waals surface area contributed by atoms with Gasteiger partial charge in [-0.2, -0.15) is 0 Å². The Bertz CT molecular complexity index is 491. The summed E-state index contributed by atoms with van der Waals surface area (Å²) in [6.45, 7) is 3.85. The van der Waals surface area contributed by atoms with Crippen molar-refractivity contribution in [3.05, 3.63) is 34.9 Å². The van der Waals surface area contributed by atoms with E-state index in [1.165, 1.54) is 0 Å². The van der Waals surface area contributed by atoms with E-state index in [4.69, 9.17) is 16.3 Å². The highest BCUT2D eigenvalue weighted by Crippen LogP contribution is 2.36. The fraction of sp³-hybridized carbons (Fsp3) is 0.562. The van der Waals surface area contributed by atoms with Crippen molar-refractivity contribution in [1.29, 1.82) is 0 Å². The van der Waals surface area contributed by atoms with E-state index in [1.54, 1.807) is 0 Å². The number of carbonyl (C=O) groups excluding carboxylic acids is 1. The predicted molar refractivity (Wildman–Crippen MR) is 92.0 cm³/mol. The van der Waals surface area contributed by atoms with Gasteiger partial charge in [0.2, 0.25) is 5.91 Å². The van der Waals surface area contributed by atoms with Crippen LogP contribution in [0.15, 0.2) is 24.3 Å². The summed E-state index contributed by atoms with van der Waals surface area (Å²) in [7, 11) is 1.89. The Hall–Kier alpha value is -0.810. The lowest BCUT2D eigenvalue weighted by Crippen LogP contribution is -2.50. The minimum absolute atomic E-state index is 0. The number of likely N-dealkylation sites (N-methyl/N-ethyl adjacent to an activating group) is 1. The molecular formula is C16H24Cl2N2O2. The Morgan fingerprint density at radius 3 is 2.68 bits per heavy atom. The van der Waals surface area contributed by atoms with E-state index in [0.717, 1.165) is 5.56 Å². The molecule has 1 aromatic rings. The van der Waals surface area contributed by atoms with Crippen LogP contribution in [0, 0.1) is 0 Å². The smallest absolute Gasteiger partial charge is 0.230 e. The molecule has 0 bridgehead atoms. The van der Waals surface area contributed by atoms with Gasteiger partial charge in [-0.05, 0) is 44.5 Å². The highest BCUT2D eigenvalue weighted by molar-refractivity contribution is 6.30. The van der Waals surface area contributed by atoms with Gasteiger partial charge in [-0.1, -0.05) is 23.7 Å². The Morgan fingerprint density at radius 2 is 2.09 bits per heavy atom. The van der Waals surface area contributed by atoms with Gasteiger partial charge in [0.1, 0.15) is 0 Å². The average Bonchev–Trinajstić information content (AvgIpc) is 2.52. The lowest BCUT2D eigenvalue weighted by atomic mass is 9.73. The Labute approximate surface area is 143 Å². The Morgan fingerprint density at radius 1 is 1.41 bits per heavy atom. The van der Waals surface area contributed by atoms with Crippen LogP contribution < -0.4 is 10.6 Å². The van der Waals surface area contributed by atoms with E-state index >= 15 is 0 Å². The number of carbonyl (C=O) groups is 1. The molecule has 2 rings (SSSR count). The molecule has 1 aliphatic heterocycles. The van der Waals surface area contributed by atoms with Gasteiger partial charge in [-0.3, -0.25) is 4.79 Å². The van der Waals surface area contributed by atoms with E-state index in [1.807, 2.05) is 38.2 Å². The van der Waals surface area contributed by atoms with Crippen molar-refractivity contribution in [2.75, 3.05) is 26.8 Å². The molecule has 124 valence electrons. The monoisotopic (exact) mass is 346 g/mol. The van der Waals surface area contributed by atoms with Crippen LogP contribution in [-0.2, 0) is 14.9 Å². The molecule has 1 unspecified atom stereocenters. The molecule has 1 aromatic carbocycles. The summed E-state index contributed by atoms with van der Waals surface area (Å²) in [4.78, 5) is 12.8. The maximum Gasteiger partial charge on any atom is 0.230 e. The standard InChI is InChI=1S/C16H23ClN2O2.ClH/c1-12(18-2)11-19-15(20)16(6-8-21-9-7-16)13-4-3-5-14(17)10-13;/h3-5,10,12,18H,6-9,11H2,1-2H3,(H,19,20);1H. The Kier molecular flexibility index (Phi) is 7.63. The Balaban J connectivity index is 0.00000242. The summed E-state index contributed by atoms with van der Waals surface area (Å²) in [5, 5.41) is 6.85. The molecule has 0 aliphatic carbocycles. The SMILES string of the molecule is CNC(C)CNC(=O)C1(c2cccc(Cl)c2)CCOCC1.Cl. The molecule has 0 radical (unpaired) electrons. The van der Waals surface area contributed by atoms with E-state index in [0.29, 0.717) is 37.6 Å². The zero-order valence-electron chi connectivity index (χ0n) is 13.0. The molecule has 1 amide bonds. The highest BCUT2D eigenvalue weighted by Gasteiger charge is 2.41. The molecule has 1 fully saturated rings. The maximum absolute atomic E-state index is 12.8. The molecule has 1 aliphatic rings. The normalized spacial score (nSPS) is 18.1. The average molecular weight is 347 g/mol. The molecule has 1 saturated heterocycles. The number of hydrogen-bond donors (Lipinski definition) is 2. The number of ether oxygens (including phenoxy) is 1. The van der Waals surface area contributed by atoms with Crippen molar-refractivity contribution in [2.24, 2.45) is 0 Å². The number of rotatable bonds is 5. The summed E-state index contributed by atoms with van der Waals surface area (Å²) in [5.74, 6) is 0.0650. The van der Waals surface area contributed by atoms with Crippen molar-refractivity contribution in [3.63, 3.8) is 0 Å². The summed E-state index contributed by atoms with van der Waals surface area (Å²) in [6.07, 6.45) is 1.38. The first-order valence-corrected chi connectivity index (χ1v) is 7.75. The number of nitrogens with one attached hydrogen (secondary N) is 2. The number of hydrogen-bond acceptors (Lipinski definition) is 3. The molecular weight excluding hydrogens is 323 g/mol. The van der Waals surface area contributed by atoms with Gasteiger partial charge in [0.15, 0.2) is 0 Å². The van der Waals surface area contributed by atoms with E-state index in [-0.39, 0.29) is 24.4 Å². The summed E-state index contributed by atoms with van der Waals surface area (Å²) in [6, 6.07) is 7.86. The minimum atomic E-state index is -0.531. The van der Waals surface area contributed by atoms with Crippen molar-refractivity contribution in [1.82, 2.24) is 10.6 Å². The molecule has 0 spiro atoms. The topological polar surface area (TPSA) is 50.4 Å². The molecule has 4 nitrogen and oxygen atoms in total. The van der Waals surface area contributed by atoms with E-state index in [9.17, 15) is 4.79 Å². The lowest BCUT2D eigenvalue weighted by Gasteiger charge is -2.36. The second-order valence-corrected chi connectivity index (χ2v) is 6.04. The van der Waals surface area contributed by atoms with Crippen LogP contribution in [0.1, 0.15) is 25.3 Å². The highest BCUT2D eigenvalue weighted by atomic mass is 35.5. The molecule has 2 N–H and O–H groups in total. The van der Waals surface area contributed by atoms with Crippen LogP contribution in [-0.4, -0.2) is 38.8 Å². The second-order valence-electron chi connectivity index (χ2n) is 5.60. The van der Waals surface area contributed by atoms with Crippen molar-refractivity contribution < 1.29 is 9.53 Å². The maximum atomic E-state index is 12.8. The fourth-order valence-corrected chi connectivity index (χ4v) is 2.86. The molecule has 0 saturated carbocycles. The zero-order valence-corrected chi connectivity index (χ0v) is 14.6. The molecule has 1 atom stereocenters. The van der Waals surface area contributed by atoms with Gasteiger partial charge >= 0.3 is 0 Å². The van der Waals surface area contributed by atoms with Gasteiger partial charge in [0.25, 0.3) is 0 Å². The fourth-order valence-electron chi connectivity index (χ4n) is 2.67. The van der Waals surface area contributed by atoms with Crippen molar-refractivity contribution in [2.45, 2.75) is 31.2 Å². The van der Waals surface area contributed by atoms with Crippen molar-refractivity contribution in [3.8, 4) is 0 Å². The van der Waals surface area contributed by atoms with Crippen LogP contribution in [0.2, 0.25) is 5.02 Å². The molecule has 1 heterocycles. The number of benzene rings is 1. The molecule has 0 aromatic heterocycles. The largest absolute Gasteiger partial charge is 0.381 e. The predicted octanol–water partition coefficient (Wildman–Crippen LogP) is 2.53. The summed E-state index contributed by atoms with van der Waals surface area (Å²) < 4.78 is 5.45. The number of amides is 1. The summed E-state index contributed by atoms with van der Waals surface area (Å²) in [5.41, 5.74) is 0.448. The zero-order chi connectivity index (χ0) is 15.3. The molecule has 6 heteroatoms. The molecule has 22 heavy (non-hydrogen) atoms. The second kappa shape index (κ2) is 8.73. The number of halogens is 2. The third-order valence-corrected chi connectivity index (χ3v) is 4.45. The summed E-state index contributed by atoms with van der Waals surface area (Å²) >= 11 is 6.11. The van der Waals surface area contributed by atoms with Crippen LogP contribution >= 0.6 is 24.0 Å². The van der Waals surface area contributed by atoms with Crippen LogP contribution in [0.25, 0.3) is 0 Å². The first-order chi connectivity index (χ1) is 10.1. The lowest BCUT2D eigenvalue weighted by molar-refractivity contribution is -0.130. The quantitative estimate of drug-likeness (QED) is 0.861. The van der Waals surface area contributed by atoms with Crippen LogP contribution in [0.3, 0.4) is 0 Å². The van der Waals surface area contributed by atoms with Gasteiger partial charge in [-0.15, -0.1) is 12.4 Å². The van der Waals surface area contributed by atoms with Crippen LogP contribution in [0.5, 0.6) is 0 Å². The van der Waals surface area contributed by atoms with E-state index in [2.05, 4.69) is 10.6 Å². The first kappa shape index (κ1) is 19.2. The van der Waals surface area contributed by atoms with Gasteiger partial charge in [0, 0.05) is 30.8 Å². The third kappa shape index (κ3) is 4.35. The van der Waals surface area contributed by atoms with Gasteiger partial charge in [0.05, 0.1) is 5.41 Å². The third-order valence-electron chi connectivity index (χ3n) is 4.22. The van der Waals surface area contributed by atoms with Gasteiger partial charge in [-0.25, -0.2) is 0 Å². The van der Waals surface area contributed by atoms with E-state index < -0.39 is 5.41 Å². The first-order valence-electron chi connectivity index (χ1n) is 7.38. The van der Waals surface area contributed by atoms with Crippen molar-refractivity contribution >= 4 is 29.9 Å². The minimum Gasteiger partial charge on any atom is -0.381 e.